The zero-order valence-electron chi connectivity index (χ0n) is 6.81. The molecule has 0 N–H and O–H groups in total. The monoisotopic (exact) mass is 158 g/mol. The highest BCUT2D eigenvalue weighted by Gasteiger charge is 2.04. The Morgan fingerprint density at radius 3 is 2.60 bits per heavy atom. The van der Waals surface area contributed by atoms with E-state index in [0.29, 0.717) is 0 Å². The predicted octanol–water partition coefficient (Wildman–Crippen LogP) is 0.209. The Hall–Kier alpha value is -0.573. The number of ether oxygens (including phenoxy) is 1. The molecule has 0 radical (unpaired) electrons. The number of hydrogen-bond acceptors (Lipinski definition) is 2. The second-order valence-electron chi connectivity index (χ2n) is 2.06. The molecule has 0 aromatic rings. The Kier molecular flexibility index (Phi) is 4.93. The molecule has 0 saturated carbocycles. The maximum atomic E-state index is 10.9. The Labute approximate surface area is 64.7 Å². The topological polar surface area (TPSA) is 26.3 Å². The van der Waals surface area contributed by atoms with Crippen molar-refractivity contribution in [2.24, 2.45) is 0 Å². The molecule has 0 unspecified atom stereocenters. The highest BCUT2D eigenvalue weighted by Crippen LogP contribution is 2.04. The van der Waals surface area contributed by atoms with Crippen LogP contribution in [0.3, 0.4) is 0 Å². The van der Waals surface area contributed by atoms with Crippen molar-refractivity contribution in [1.29, 1.82) is 0 Å². The molecule has 2 nitrogen and oxygen atoms in total. The van der Waals surface area contributed by atoms with Crippen LogP contribution in [0.4, 0.5) is 0 Å². The van der Waals surface area contributed by atoms with Gasteiger partial charge in [0.05, 0.1) is 7.11 Å². The summed E-state index contributed by atoms with van der Waals surface area (Å²) in [7, 11) is 2.35. The summed E-state index contributed by atoms with van der Waals surface area (Å²) in [5.41, 5.74) is 2.77. The first-order valence-electron chi connectivity index (χ1n) is 3.49. The van der Waals surface area contributed by atoms with Crippen molar-refractivity contribution >= 4 is 16.2 Å². The average molecular weight is 158 g/mol. The first-order chi connectivity index (χ1) is 4.76. The fourth-order valence-electron chi connectivity index (χ4n) is 0.765. The Bertz CT molecular complexity index is 141. The fourth-order valence-corrected chi connectivity index (χ4v) is 1.29. The van der Waals surface area contributed by atoms with Crippen LogP contribution >= 0.6 is 0 Å². The van der Waals surface area contributed by atoms with Gasteiger partial charge in [-0.1, -0.05) is 19.0 Å². The average Bonchev–Trinajstić information content (AvgIpc) is 1.99. The number of rotatable bonds is 3. The van der Waals surface area contributed by atoms with E-state index >= 15 is 0 Å². The summed E-state index contributed by atoms with van der Waals surface area (Å²) < 4.78 is 4.57. The number of esters is 1. The van der Waals surface area contributed by atoms with Crippen LogP contribution in [-0.2, 0) is 9.53 Å². The minimum absolute atomic E-state index is 0.170. The van der Waals surface area contributed by atoms with Crippen molar-refractivity contribution < 1.29 is 9.53 Å². The summed E-state index contributed by atoms with van der Waals surface area (Å²) in [6, 6.07) is 0. The first-order valence-corrected chi connectivity index (χ1v) is 4.65. The Morgan fingerprint density at radius 1 is 1.70 bits per heavy atom. The van der Waals surface area contributed by atoms with Crippen LogP contribution in [0.1, 0.15) is 19.8 Å². The van der Waals surface area contributed by atoms with E-state index in [1.165, 1.54) is 7.11 Å². The van der Waals surface area contributed by atoms with Crippen molar-refractivity contribution in [3.63, 3.8) is 0 Å². The van der Waals surface area contributed by atoms with Gasteiger partial charge in [-0.25, -0.2) is 4.79 Å². The molecule has 0 aliphatic rings. The highest BCUT2D eigenvalue weighted by atomic mass is 28.1. The number of carbonyl (C=O) groups excluding carboxylic acids is 1. The fraction of sp³-hybridized carbons (Fsp3) is 0.571. The minimum Gasteiger partial charge on any atom is -0.466 e. The molecule has 0 saturated heterocycles. The second kappa shape index (κ2) is 5.23. The molecule has 0 atom stereocenters. The van der Waals surface area contributed by atoms with Gasteiger partial charge < -0.3 is 4.74 Å². The third kappa shape index (κ3) is 2.82. The molecule has 0 aliphatic heterocycles. The van der Waals surface area contributed by atoms with Crippen molar-refractivity contribution in [3.05, 3.63) is 11.3 Å². The van der Waals surface area contributed by atoms with Crippen LogP contribution in [0.5, 0.6) is 0 Å². The van der Waals surface area contributed by atoms with E-state index < -0.39 is 0 Å². The Morgan fingerprint density at radius 2 is 2.30 bits per heavy atom. The van der Waals surface area contributed by atoms with Crippen LogP contribution in [0.25, 0.3) is 0 Å². The summed E-state index contributed by atoms with van der Waals surface area (Å²) in [5, 5.41) is 0. The van der Waals surface area contributed by atoms with Gasteiger partial charge in [0.2, 0.25) is 0 Å². The lowest BCUT2D eigenvalue weighted by Gasteiger charge is -2.00. The molecule has 0 aromatic heterocycles. The van der Waals surface area contributed by atoms with E-state index in [9.17, 15) is 4.79 Å². The minimum atomic E-state index is -0.170. The van der Waals surface area contributed by atoms with Gasteiger partial charge in [-0.15, -0.1) is 0 Å². The molecule has 0 spiro atoms. The van der Waals surface area contributed by atoms with Crippen molar-refractivity contribution in [2.45, 2.75) is 19.8 Å². The molecule has 0 aliphatic carbocycles. The molecule has 0 amide bonds. The Balaban J connectivity index is 3.95. The molecule has 0 bridgehead atoms. The molecule has 10 heavy (non-hydrogen) atoms. The summed E-state index contributed by atoms with van der Waals surface area (Å²) in [6.45, 7) is 2.05. The number of methoxy groups -OCH3 is 1. The maximum Gasteiger partial charge on any atom is 0.332 e. The van der Waals surface area contributed by atoms with Gasteiger partial charge in [-0.2, -0.15) is 0 Å². The van der Waals surface area contributed by atoms with Crippen LogP contribution < -0.4 is 0 Å². The molecule has 0 heterocycles. The van der Waals surface area contributed by atoms with Crippen LogP contribution in [-0.4, -0.2) is 23.3 Å². The molecular formula is C7H14O2Si. The van der Waals surface area contributed by atoms with Gasteiger partial charge in [0.25, 0.3) is 0 Å². The van der Waals surface area contributed by atoms with E-state index in [-0.39, 0.29) is 5.97 Å². The van der Waals surface area contributed by atoms with E-state index in [4.69, 9.17) is 0 Å². The van der Waals surface area contributed by atoms with Gasteiger partial charge >= 0.3 is 5.97 Å². The third-order valence-corrected chi connectivity index (χ3v) is 2.01. The third-order valence-electron chi connectivity index (χ3n) is 1.32. The van der Waals surface area contributed by atoms with Gasteiger partial charge in [0.1, 0.15) is 0 Å². The lowest BCUT2D eigenvalue weighted by atomic mass is 10.2. The molecule has 0 fully saturated rings. The number of carbonyl (C=O) groups is 1. The lowest BCUT2D eigenvalue weighted by molar-refractivity contribution is -0.136. The van der Waals surface area contributed by atoms with Gasteiger partial charge in [-0.05, 0) is 6.42 Å². The predicted molar refractivity (Wildman–Crippen MR) is 44.9 cm³/mol. The van der Waals surface area contributed by atoms with Crippen LogP contribution in [0.15, 0.2) is 11.3 Å². The van der Waals surface area contributed by atoms with Crippen molar-refractivity contribution in [1.82, 2.24) is 0 Å². The summed E-state index contributed by atoms with van der Waals surface area (Å²) in [5.74, 6) is -0.170. The summed E-state index contributed by atoms with van der Waals surface area (Å²) in [4.78, 5) is 10.9. The van der Waals surface area contributed by atoms with Gasteiger partial charge in [-0.3, -0.25) is 0 Å². The van der Waals surface area contributed by atoms with Crippen LogP contribution in [0, 0.1) is 0 Å². The number of hydrogen-bond donors (Lipinski definition) is 0. The standard InChI is InChI=1S/C7H14O2Si/c1-3-4-6(5-10)7(8)9-2/h5H,3-4H2,1-2,10H3. The zero-order valence-corrected chi connectivity index (χ0v) is 8.81. The zero-order chi connectivity index (χ0) is 7.98. The van der Waals surface area contributed by atoms with Crippen molar-refractivity contribution in [2.75, 3.05) is 7.11 Å². The van der Waals surface area contributed by atoms with Crippen LogP contribution in [0.2, 0.25) is 0 Å². The van der Waals surface area contributed by atoms with E-state index in [0.717, 1.165) is 28.7 Å². The quantitative estimate of drug-likeness (QED) is 0.333. The molecular weight excluding hydrogens is 144 g/mol. The largest absolute Gasteiger partial charge is 0.466 e. The first kappa shape index (κ1) is 9.43. The summed E-state index contributed by atoms with van der Waals surface area (Å²) in [6.07, 6.45) is 1.85. The van der Waals surface area contributed by atoms with Gasteiger partial charge in [0.15, 0.2) is 0 Å². The maximum absolute atomic E-state index is 10.9. The molecule has 58 valence electrons. The van der Waals surface area contributed by atoms with E-state index in [1.54, 1.807) is 0 Å². The van der Waals surface area contributed by atoms with E-state index in [1.807, 2.05) is 12.6 Å². The highest BCUT2D eigenvalue weighted by molar-refractivity contribution is 6.19. The normalized spacial score (nSPS) is 11.6. The molecule has 0 aromatic carbocycles. The summed E-state index contributed by atoms with van der Waals surface area (Å²) >= 11 is 0. The SMILES string of the molecule is CCCC(=C[SiH3])C(=O)OC. The lowest BCUT2D eigenvalue weighted by Crippen LogP contribution is -2.04. The van der Waals surface area contributed by atoms with E-state index in [2.05, 4.69) is 4.74 Å². The van der Waals surface area contributed by atoms with Crippen molar-refractivity contribution in [3.8, 4) is 0 Å². The smallest absolute Gasteiger partial charge is 0.332 e. The second-order valence-corrected chi connectivity index (χ2v) is 2.63. The molecule has 3 heteroatoms. The van der Waals surface area contributed by atoms with Gasteiger partial charge in [0, 0.05) is 15.8 Å². The molecule has 0 rings (SSSR count).